The quantitative estimate of drug-likeness (QED) is 0.336. The minimum Gasteiger partial charge on any atom is -0.385 e. The van der Waals surface area contributed by atoms with Crippen molar-refractivity contribution in [2.75, 3.05) is 6.61 Å². The van der Waals surface area contributed by atoms with E-state index < -0.39 is 19.7 Å². The fourth-order valence-corrected chi connectivity index (χ4v) is 1.24. The molecule has 0 aromatic heterocycles. The summed E-state index contributed by atoms with van der Waals surface area (Å²) in [7, 11) is -4.44. The lowest BCUT2D eigenvalue weighted by Crippen LogP contribution is -2.18. The molecule has 0 fully saturated rings. The first-order chi connectivity index (χ1) is 6.87. The summed E-state index contributed by atoms with van der Waals surface area (Å²) in [5.41, 5.74) is 0. The number of ketones is 1. The first-order valence-electron chi connectivity index (χ1n) is 4.41. The molecule has 0 radical (unpaired) electrons. The van der Waals surface area contributed by atoms with Crippen LogP contribution in [0.15, 0.2) is 12.2 Å². The van der Waals surface area contributed by atoms with Gasteiger partial charge in [-0.15, -0.1) is 0 Å². The minimum atomic E-state index is -4.44. The fourth-order valence-electron chi connectivity index (χ4n) is 0.878. The Labute approximate surface area is 87.8 Å². The molecule has 0 rings (SSSR count). The number of phosphoric ester groups is 1. The van der Waals surface area contributed by atoms with E-state index in [4.69, 9.17) is 9.79 Å². The molecule has 0 saturated heterocycles. The van der Waals surface area contributed by atoms with Gasteiger partial charge in [-0.2, -0.15) is 0 Å². The predicted molar refractivity (Wildman–Crippen MR) is 53.1 cm³/mol. The Morgan fingerprint density at radius 1 is 1.53 bits per heavy atom. The first kappa shape index (κ1) is 14.5. The van der Waals surface area contributed by atoms with Crippen LogP contribution in [-0.2, 0) is 13.9 Å². The standard InChI is InChI=1S/C8H15O6P/c1-2-4-7(9)8(10)5-3-6-14-15(11,12)13/h2,4,8,10H,3,5-6H2,1H3,(H2,11,12,13). The third kappa shape index (κ3) is 8.47. The number of carbonyl (C=O) groups excluding carboxylic acids is 1. The average molecular weight is 238 g/mol. The van der Waals surface area contributed by atoms with E-state index in [1.807, 2.05) is 0 Å². The summed E-state index contributed by atoms with van der Waals surface area (Å²) in [6, 6.07) is 0. The normalized spacial score (nSPS) is 14.4. The summed E-state index contributed by atoms with van der Waals surface area (Å²) < 4.78 is 14.4. The maximum atomic E-state index is 11.0. The van der Waals surface area contributed by atoms with Gasteiger partial charge in [0, 0.05) is 0 Å². The zero-order chi connectivity index (χ0) is 11.9. The van der Waals surface area contributed by atoms with E-state index in [2.05, 4.69) is 4.52 Å². The highest BCUT2D eigenvalue weighted by Gasteiger charge is 2.15. The molecule has 0 saturated carbocycles. The summed E-state index contributed by atoms with van der Waals surface area (Å²) in [5, 5.41) is 9.23. The van der Waals surface area contributed by atoms with Crippen molar-refractivity contribution in [1.29, 1.82) is 0 Å². The Bertz CT molecular complexity index is 268. The zero-order valence-electron chi connectivity index (χ0n) is 8.37. The van der Waals surface area contributed by atoms with E-state index in [9.17, 15) is 14.5 Å². The fraction of sp³-hybridized carbons (Fsp3) is 0.625. The maximum absolute atomic E-state index is 11.0. The Morgan fingerprint density at radius 3 is 2.60 bits per heavy atom. The summed E-state index contributed by atoms with van der Waals surface area (Å²) >= 11 is 0. The van der Waals surface area contributed by atoms with Crippen LogP contribution in [0.4, 0.5) is 0 Å². The van der Waals surface area contributed by atoms with Crippen LogP contribution >= 0.6 is 7.82 Å². The van der Waals surface area contributed by atoms with Gasteiger partial charge in [0.15, 0.2) is 5.78 Å². The third-order valence-electron chi connectivity index (χ3n) is 1.54. The van der Waals surface area contributed by atoms with Crippen molar-refractivity contribution in [2.45, 2.75) is 25.9 Å². The molecule has 1 atom stereocenters. The smallest absolute Gasteiger partial charge is 0.385 e. The van der Waals surface area contributed by atoms with E-state index >= 15 is 0 Å². The van der Waals surface area contributed by atoms with Crippen molar-refractivity contribution < 1.29 is 28.8 Å². The molecule has 0 bridgehead atoms. The second kappa shape index (κ2) is 6.87. The van der Waals surface area contributed by atoms with E-state index in [-0.39, 0.29) is 19.4 Å². The summed E-state index contributed by atoms with van der Waals surface area (Å²) in [5.74, 6) is -0.423. The van der Waals surface area contributed by atoms with Crippen molar-refractivity contribution in [1.82, 2.24) is 0 Å². The number of phosphoric acid groups is 1. The van der Waals surface area contributed by atoms with Gasteiger partial charge in [0.2, 0.25) is 0 Å². The Hall–Kier alpha value is -0.520. The second-order valence-electron chi connectivity index (χ2n) is 2.88. The van der Waals surface area contributed by atoms with Crippen LogP contribution in [0, 0.1) is 0 Å². The number of hydrogen-bond acceptors (Lipinski definition) is 4. The molecule has 3 N–H and O–H groups in total. The molecule has 0 aromatic carbocycles. The molecule has 0 aliphatic heterocycles. The van der Waals surface area contributed by atoms with Crippen molar-refractivity contribution >= 4 is 13.6 Å². The van der Waals surface area contributed by atoms with Crippen LogP contribution in [0.25, 0.3) is 0 Å². The van der Waals surface area contributed by atoms with E-state index in [0.717, 1.165) is 0 Å². The second-order valence-corrected chi connectivity index (χ2v) is 4.12. The van der Waals surface area contributed by atoms with Gasteiger partial charge in [-0.3, -0.25) is 9.32 Å². The van der Waals surface area contributed by atoms with Crippen molar-refractivity contribution in [3.8, 4) is 0 Å². The van der Waals surface area contributed by atoms with E-state index in [0.29, 0.717) is 0 Å². The van der Waals surface area contributed by atoms with Gasteiger partial charge in [0.1, 0.15) is 6.10 Å². The molecule has 7 heteroatoms. The topological polar surface area (TPSA) is 104 Å². The first-order valence-corrected chi connectivity index (χ1v) is 5.94. The summed E-state index contributed by atoms with van der Waals surface area (Å²) in [6.45, 7) is 1.46. The molecular weight excluding hydrogens is 223 g/mol. The largest absolute Gasteiger partial charge is 0.469 e. The summed E-state index contributed by atoms with van der Waals surface area (Å²) in [4.78, 5) is 27.7. The van der Waals surface area contributed by atoms with Gasteiger partial charge in [-0.25, -0.2) is 4.57 Å². The Kier molecular flexibility index (Phi) is 6.63. The van der Waals surface area contributed by atoms with Crippen molar-refractivity contribution in [3.63, 3.8) is 0 Å². The van der Waals surface area contributed by atoms with Crippen LogP contribution in [-0.4, -0.2) is 33.4 Å². The predicted octanol–water partition coefficient (Wildman–Crippen LogP) is 0.382. The zero-order valence-corrected chi connectivity index (χ0v) is 9.26. The number of carbonyl (C=O) groups is 1. The number of hydrogen-bond donors (Lipinski definition) is 3. The number of aliphatic hydroxyl groups is 1. The van der Waals surface area contributed by atoms with E-state index in [1.54, 1.807) is 6.92 Å². The van der Waals surface area contributed by atoms with Crippen LogP contribution < -0.4 is 0 Å². The monoisotopic (exact) mass is 238 g/mol. The molecule has 0 heterocycles. The SMILES string of the molecule is CC=CC(=O)C(O)CCCOP(=O)(O)O. The third-order valence-corrected chi connectivity index (χ3v) is 2.06. The molecule has 0 amide bonds. The molecule has 6 nitrogen and oxygen atoms in total. The minimum absolute atomic E-state index is 0.114. The molecule has 0 spiro atoms. The number of allylic oxidation sites excluding steroid dienone is 1. The maximum Gasteiger partial charge on any atom is 0.469 e. The highest BCUT2D eigenvalue weighted by atomic mass is 31.2. The highest BCUT2D eigenvalue weighted by molar-refractivity contribution is 7.46. The van der Waals surface area contributed by atoms with Gasteiger partial charge < -0.3 is 14.9 Å². The Balaban J connectivity index is 3.69. The molecule has 15 heavy (non-hydrogen) atoms. The lowest BCUT2D eigenvalue weighted by atomic mass is 10.1. The van der Waals surface area contributed by atoms with Gasteiger partial charge in [0.25, 0.3) is 0 Å². The van der Waals surface area contributed by atoms with Gasteiger partial charge in [0.05, 0.1) is 6.61 Å². The van der Waals surface area contributed by atoms with E-state index in [1.165, 1.54) is 12.2 Å². The van der Waals surface area contributed by atoms with Crippen LogP contribution in [0.1, 0.15) is 19.8 Å². The lowest BCUT2D eigenvalue weighted by molar-refractivity contribution is -0.122. The molecule has 88 valence electrons. The summed E-state index contributed by atoms with van der Waals surface area (Å²) in [6.07, 6.45) is 1.94. The van der Waals surface area contributed by atoms with Crippen LogP contribution in [0.5, 0.6) is 0 Å². The lowest BCUT2D eigenvalue weighted by Gasteiger charge is -2.07. The molecule has 1 unspecified atom stereocenters. The molecule has 0 aliphatic rings. The van der Waals surface area contributed by atoms with Gasteiger partial charge in [-0.1, -0.05) is 6.08 Å². The molecule has 0 aromatic rings. The van der Waals surface area contributed by atoms with Crippen LogP contribution in [0.2, 0.25) is 0 Å². The van der Waals surface area contributed by atoms with Crippen molar-refractivity contribution in [2.24, 2.45) is 0 Å². The highest BCUT2D eigenvalue weighted by Crippen LogP contribution is 2.35. The average Bonchev–Trinajstić information content (AvgIpc) is 2.11. The van der Waals surface area contributed by atoms with Crippen LogP contribution in [0.3, 0.4) is 0 Å². The van der Waals surface area contributed by atoms with Gasteiger partial charge >= 0.3 is 7.82 Å². The number of rotatable bonds is 7. The van der Waals surface area contributed by atoms with Crippen molar-refractivity contribution in [3.05, 3.63) is 12.2 Å². The Morgan fingerprint density at radius 2 is 2.13 bits per heavy atom. The molecule has 0 aliphatic carbocycles. The molecular formula is C8H15O6P. The van der Waals surface area contributed by atoms with Gasteiger partial charge in [-0.05, 0) is 25.8 Å². The number of aliphatic hydroxyl groups excluding tert-OH is 1.